The fourth-order valence-corrected chi connectivity index (χ4v) is 1.80. The number of para-hydroxylation sites is 2. The van der Waals surface area contributed by atoms with Crippen molar-refractivity contribution in [1.82, 2.24) is 0 Å². The van der Waals surface area contributed by atoms with Gasteiger partial charge in [0, 0.05) is 37.1 Å². The highest BCUT2D eigenvalue weighted by molar-refractivity contribution is 5.68. The van der Waals surface area contributed by atoms with Crippen LogP contribution in [0.15, 0.2) is 72.9 Å². The van der Waals surface area contributed by atoms with E-state index < -0.39 is 0 Å². The Bertz CT molecular complexity index is 556. The van der Waals surface area contributed by atoms with Crippen molar-refractivity contribution in [2.45, 2.75) is 0 Å². The van der Waals surface area contributed by atoms with E-state index in [0.717, 1.165) is 0 Å². The fraction of sp³-hybridized carbons (Fsp3) is 0.118. The molecular formula is C17H19N2+. The fourth-order valence-electron chi connectivity index (χ4n) is 1.80. The van der Waals surface area contributed by atoms with Crippen LogP contribution in [0.3, 0.4) is 0 Å². The summed E-state index contributed by atoms with van der Waals surface area (Å²) in [5, 5.41) is 0. The van der Waals surface area contributed by atoms with Crippen LogP contribution in [-0.2, 0) is 0 Å². The minimum absolute atomic E-state index is 1.18. The van der Waals surface area contributed by atoms with Gasteiger partial charge < -0.3 is 4.90 Å². The third-order valence-corrected chi connectivity index (χ3v) is 2.95. The smallest absolute Gasteiger partial charge is 0.204 e. The van der Waals surface area contributed by atoms with Gasteiger partial charge in [-0.1, -0.05) is 36.4 Å². The SMILES string of the molecule is CN(/C=C\C=[N+](C)c1ccccc1)c1ccccc1. The number of rotatable bonds is 4. The van der Waals surface area contributed by atoms with Gasteiger partial charge >= 0.3 is 0 Å². The normalized spacial score (nSPS) is 11.8. The first-order chi connectivity index (χ1) is 9.27. The topological polar surface area (TPSA) is 6.25 Å². The first kappa shape index (κ1) is 13.1. The largest absolute Gasteiger partial charge is 0.351 e. The van der Waals surface area contributed by atoms with Crippen LogP contribution < -0.4 is 4.90 Å². The maximum Gasteiger partial charge on any atom is 0.204 e. The second kappa shape index (κ2) is 6.55. The predicted molar refractivity (Wildman–Crippen MR) is 82.3 cm³/mol. The van der Waals surface area contributed by atoms with E-state index in [-0.39, 0.29) is 0 Å². The highest BCUT2D eigenvalue weighted by atomic mass is 15.1. The van der Waals surface area contributed by atoms with Crippen molar-refractivity contribution in [1.29, 1.82) is 0 Å². The molecule has 0 heterocycles. The van der Waals surface area contributed by atoms with E-state index in [1.165, 1.54) is 11.4 Å². The van der Waals surface area contributed by atoms with Crippen molar-refractivity contribution < 1.29 is 4.58 Å². The number of hydrogen-bond donors (Lipinski definition) is 0. The molecule has 0 unspecified atom stereocenters. The van der Waals surface area contributed by atoms with Crippen LogP contribution in [-0.4, -0.2) is 24.9 Å². The summed E-state index contributed by atoms with van der Waals surface area (Å²) < 4.78 is 2.09. The summed E-state index contributed by atoms with van der Waals surface area (Å²) in [7, 11) is 4.09. The molecule has 0 N–H and O–H groups in total. The predicted octanol–water partition coefficient (Wildman–Crippen LogP) is 3.68. The van der Waals surface area contributed by atoms with Crippen molar-refractivity contribution >= 4 is 17.6 Å². The molecule has 0 bridgehead atoms. The van der Waals surface area contributed by atoms with Crippen LogP contribution in [0.4, 0.5) is 11.4 Å². The standard InChI is InChI=1S/C17H19N2/c1-18(16-10-5-3-6-11-16)14-9-15-19(2)17-12-7-4-8-13-17/h3-15H,1-2H3/q+1. The molecule has 0 aliphatic carbocycles. The highest BCUT2D eigenvalue weighted by Crippen LogP contribution is 2.11. The van der Waals surface area contributed by atoms with Crippen molar-refractivity contribution in [3.63, 3.8) is 0 Å². The second-order valence-electron chi connectivity index (χ2n) is 4.38. The molecule has 0 aliphatic rings. The zero-order valence-corrected chi connectivity index (χ0v) is 11.4. The van der Waals surface area contributed by atoms with Crippen LogP contribution in [0.5, 0.6) is 0 Å². The van der Waals surface area contributed by atoms with E-state index >= 15 is 0 Å². The molecule has 19 heavy (non-hydrogen) atoms. The molecule has 2 heteroatoms. The van der Waals surface area contributed by atoms with Gasteiger partial charge in [0.1, 0.15) is 7.05 Å². The lowest BCUT2D eigenvalue weighted by Gasteiger charge is -2.12. The van der Waals surface area contributed by atoms with Gasteiger partial charge in [0.05, 0.1) is 0 Å². The van der Waals surface area contributed by atoms with Crippen molar-refractivity contribution in [2.24, 2.45) is 0 Å². The maximum absolute atomic E-state index is 2.09. The summed E-state index contributed by atoms with van der Waals surface area (Å²) in [4.78, 5) is 2.09. The van der Waals surface area contributed by atoms with Crippen molar-refractivity contribution in [2.75, 3.05) is 19.0 Å². The minimum atomic E-state index is 1.18. The van der Waals surface area contributed by atoms with Crippen LogP contribution in [0.1, 0.15) is 0 Å². The van der Waals surface area contributed by atoms with Crippen molar-refractivity contribution in [3.05, 3.63) is 72.9 Å². The van der Waals surface area contributed by atoms with Crippen LogP contribution in [0, 0.1) is 0 Å². The summed E-state index contributed by atoms with van der Waals surface area (Å²) >= 11 is 0. The van der Waals surface area contributed by atoms with Gasteiger partial charge in [-0.25, -0.2) is 4.58 Å². The molecule has 96 valence electrons. The van der Waals surface area contributed by atoms with Crippen LogP contribution in [0.2, 0.25) is 0 Å². The molecule has 0 saturated carbocycles. The Balaban J connectivity index is 2.04. The number of allylic oxidation sites excluding steroid dienone is 1. The lowest BCUT2D eigenvalue weighted by Crippen LogP contribution is -2.08. The Kier molecular flexibility index (Phi) is 4.51. The number of benzene rings is 2. The van der Waals surface area contributed by atoms with Crippen LogP contribution in [0.25, 0.3) is 0 Å². The molecule has 2 aromatic carbocycles. The summed E-state index contributed by atoms with van der Waals surface area (Å²) in [5.74, 6) is 0. The Labute approximate surface area is 114 Å². The molecule has 0 fully saturated rings. The molecule has 0 aliphatic heterocycles. The molecule has 2 rings (SSSR count). The van der Waals surface area contributed by atoms with E-state index in [2.05, 4.69) is 46.2 Å². The van der Waals surface area contributed by atoms with E-state index in [9.17, 15) is 0 Å². The second-order valence-corrected chi connectivity index (χ2v) is 4.38. The van der Waals surface area contributed by atoms with E-state index in [1.807, 2.05) is 56.6 Å². The molecule has 0 spiro atoms. The van der Waals surface area contributed by atoms with Gasteiger partial charge in [-0.2, -0.15) is 0 Å². The quantitative estimate of drug-likeness (QED) is 0.593. The van der Waals surface area contributed by atoms with Gasteiger partial charge in [0.2, 0.25) is 5.69 Å². The zero-order valence-electron chi connectivity index (χ0n) is 11.4. The van der Waals surface area contributed by atoms with E-state index in [4.69, 9.17) is 0 Å². The number of anilines is 1. The molecule has 0 amide bonds. The Morgan fingerprint density at radius 2 is 1.47 bits per heavy atom. The summed E-state index contributed by atoms with van der Waals surface area (Å²) in [5.41, 5.74) is 2.35. The highest BCUT2D eigenvalue weighted by Gasteiger charge is 1.98. The van der Waals surface area contributed by atoms with Crippen LogP contribution >= 0.6 is 0 Å². The monoisotopic (exact) mass is 251 g/mol. The molecule has 0 aromatic heterocycles. The first-order valence-corrected chi connectivity index (χ1v) is 6.35. The summed E-state index contributed by atoms with van der Waals surface area (Å²) in [6.07, 6.45) is 6.14. The third kappa shape index (κ3) is 3.81. The van der Waals surface area contributed by atoms with Gasteiger partial charge in [0.15, 0.2) is 6.21 Å². The first-order valence-electron chi connectivity index (χ1n) is 6.35. The van der Waals surface area contributed by atoms with Gasteiger partial charge in [0.25, 0.3) is 0 Å². The van der Waals surface area contributed by atoms with Gasteiger partial charge in [-0.15, -0.1) is 0 Å². The Morgan fingerprint density at radius 1 is 0.895 bits per heavy atom. The summed E-state index contributed by atoms with van der Waals surface area (Å²) in [6, 6.07) is 20.6. The average molecular weight is 251 g/mol. The summed E-state index contributed by atoms with van der Waals surface area (Å²) in [6.45, 7) is 0. The molecule has 0 radical (unpaired) electrons. The minimum Gasteiger partial charge on any atom is -0.351 e. The van der Waals surface area contributed by atoms with E-state index in [1.54, 1.807) is 0 Å². The molecular weight excluding hydrogens is 232 g/mol. The molecule has 0 saturated heterocycles. The van der Waals surface area contributed by atoms with E-state index in [0.29, 0.717) is 0 Å². The van der Waals surface area contributed by atoms with Gasteiger partial charge in [-0.05, 0) is 12.1 Å². The van der Waals surface area contributed by atoms with Gasteiger partial charge in [-0.3, -0.25) is 0 Å². The number of hydrogen-bond acceptors (Lipinski definition) is 1. The molecule has 0 atom stereocenters. The average Bonchev–Trinajstić information content (AvgIpc) is 2.49. The van der Waals surface area contributed by atoms with Crippen molar-refractivity contribution in [3.8, 4) is 0 Å². The zero-order chi connectivity index (χ0) is 13.5. The lowest BCUT2D eigenvalue weighted by molar-refractivity contribution is -0.398. The third-order valence-electron chi connectivity index (χ3n) is 2.95. The lowest BCUT2D eigenvalue weighted by atomic mass is 10.3. The number of nitrogens with zero attached hydrogens (tertiary/aromatic N) is 2. The Morgan fingerprint density at radius 3 is 2.11 bits per heavy atom. The molecule has 2 nitrogen and oxygen atoms in total. The maximum atomic E-state index is 2.09. The Hall–Kier alpha value is -2.35. The molecule has 2 aromatic rings.